The Hall–Kier alpha value is -0.630. The largest absolute Gasteiger partial charge is 0.295 e. The summed E-state index contributed by atoms with van der Waals surface area (Å²) < 4.78 is 27.8. The summed E-state index contributed by atoms with van der Waals surface area (Å²) in [6.07, 6.45) is 1.29. The maximum Gasteiger partial charge on any atom is 0.295 e. The Balaban J connectivity index is 2.58. The highest BCUT2D eigenvalue weighted by Gasteiger charge is 2.31. The van der Waals surface area contributed by atoms with Crippen LogP contribution in [0.1, 0.15) is 19.8 Å². The highest BCUT2D eigenvalue weighted by molar-refractivity contribution is 7.92. The van der Waals surface area contributed by atoms with E-state index < -0.39 is 10.0 Å². The second-order valence-corrected chi connectivity index (χ2v) is 6.81. The number of thiophene rings is 1. The summed E-state index contributed by atoms with van der Waals surface area (Å²) in [5.41, 5.74) is 0.411. The molecule has 0 saturated heterocycles. The molecule has 8 heteroatoms. The van der Waals surface area contributed by atoms with E-state index in [4.69, 9.17) is 17.4 Å². The molecule has 0 fully saturated rings. The van der Waals surface area contributed by atoms with Crippen molar-refractivity contribution in [2.24, 2.45) is 10.2 Å². The summed E-state index contributed by atoms with van der Waals surface area (Å²) in [4.78, 5) is 0. The highest BCUT2D eigenvalue weighted by Crippen LogP contribution is 2.40. The zero-order valence-corrected chi connectivity index (χ0v) is 10.9. The van der Waals surface area contributed by atoms with Crippen LogP contribution in [0.4, 0.5) is 5.69 Å². The van der Waals surface area contributed by atoms with Gasteiger partial charge in [-0.1, -0.05) is 18.5 Å². The zero-order valence-electron chi connectivity index (χ0n) is 8.47. The van der Waals surface area contributed by atoms with Crippen molar-refractivity contribution in [2.45, 2.75) is 24.0 Å². The van der Waals surface area contributed by atoms with Crippen molar-refractivity contribution in [2.75, 3.05) is 5.01 Å². The van der Waals surface area contributed by atoms with Gasteiger partial charge in [0.1, 0.15) is 5.84 Å². The first-order valence-corrected chi connectivity index (χ1v) is 7.27. The van der Waals surface area contributed by atoms with Gasteiger partial charge in [0.15, 0.2) is 4.21 Å². The van der Waals surface area contributed by atoms with E-state index in [9.17, 15) is 8.42 Å². The fourth-order valence-electron chi connectivity index (χ4n) is 1.44. The maximum atomic E-state index is 11.8. The van der Waals surface area contributed by atoms with Crippen molar-refractivity contribution in [3.05, 3.63) is 10.4 Å². The van der Waals surface area contributed by atoms with Gasteiger partial charge in [0.2, 0.25) is 0 Å². The molecule has 1 aliphatic rings. The average molecular weight is 280 g/mol. The van der Waals surface area contributed by atoms with Crippen LogP contribution in [0, 0.1) is 0 Å². The molecular formula is C8H10ClN3O2S2. The Labute approximate surface area is 103 Å². The number of hydrazine groups is 1. The van der Waals surface area contributed by atoms with E-state index in [1.165, 1.54) is 5.01 Å². The summed E-state index contributed by atoms with van der Waals surface area (Å²) in [5.74, 6) is 6.15. The van der Waals surface area contributed by atoms with Crippen LogP contribution in [0.25, 0.3) is 0 Å². The van der Waals surface area contributed by atoms with Gasteiger partial charge in [-0.05, 0) is 12.5 Å². The number of rotatable bonds is 2. The Morgan fingerprint density at radius 2 is 2.31 bits per heavy atom. The second-order valence-electron chi connectivity index (χ2n) is 3.33. The van der Waals surface area contributed by atoms with Crippen LogP contribution in [0.2, 0.25) is 4.34 Å². The minimum absolute atomic E-state index is 0.111. The molecule has 0 aromatic carbocycles. The number of nitrogens with two attached hydrogens (primary N) is 1. The Kier molecular flexibility index (Phi) is 2.95. The number of nitrogens with zero attached hydrogens (tertiary/aromatic N) is 2. The predicted molar refractivity (Wildman–Crippen MR) is 65.5 cm³/mol. The molecule has 0 unspecified atom stereocenters. The van der Waals surface area contributed by atoms with Gasteiger partial charge in [-0.2, -0.15) is 8.42 Å². The monoisotopic (exact) mass is 279 g/mol. The lowest BCUT2D eigenvalue weighted by Crippen LogP contribution is -2.40. The van der Waals surface area contributed by atoms with Gasteiger partial charge in [0, 0.05) is 6.42 Å². The number of fused-ring (bicyclic) bond motifs is 1. The molecule has 0 radical (unpaired) electrons. The summed E-state index contributed by atoms with van der Waals surface area (Å²) >= 11 is 6.76. The van der Waals surface area contributed by atoms with Gasteiger partial charge >= 0.3 is 0 Å². The third kappa shape index (κ3) is 1.84. The summed E-state index contributed by atoms with van der Waals surface area (Å²) in [6.45, 7) is 1.93. The van der Waals surface area contributed by atoms with Crippen LogP contribution >= 0.6 is 22.9 Å². The third-order valence-electron chi connectivity index (χ3n) is 2.12. The Morgan fingerprint density at radius 3 is 2.94 bits per heavy atom. The molecule has 0 amide bonds. The van der Waals surface area contributed by atoms with Crippen molar-refractivity contribution >= 4 is 44.5 Å². The lowest BCUT2D eigenvalue weighted by atomic mass is 10.3. The number of hydrogen-bond donors (Lipinski definition) is 1. The molecule has 1 aromatic heterocycles. The van der Waals surface area contributed by atoms with Crippen molar-refractivity contribution in [3.63, 3.8) is 0 Å². The van der Waals surface area contributed by atoms with E-state index in [-0.39, 0.29) is 4.21 Å². The smallest absolute Gasteiger partial charge is 0.263 e. The van der Waals surface area contributed by atoms with Crippen LogP contribution in [-0.2, 0) is 10.0 Å². The van der Waals surface area contributed by atoms with Crippen LogP contribution < -0.4 is 10.9 Å². The zero-order chi connectivity index (χ0) is 11.9. The molecule has 2 heterocycles. The Bertz CT molecular complexity index is 550. The quantitative estimate of drug-likeness (QED) is 0.840. The minimum Gasteiger partial charge on any atom is -0.263 e. The summed E-state index contributed by atoms with van der Waals surface area (Å²) in [6, 6.07) is 1.55. The molecular weight excluding hydrogens is 270 g/mol. The molecule has 88 valence electrons. The average Bonchev–Trinajstić information content (AvgIpc) is 2.58. The van der Waals surface area contributed by atoms with Crippen LogP contribution in [-0.4, -0.2) is 14.3 Å². The first kappa shape index (κ1) is 11.8. The number of amidine groups is 1. The van der Waals surface area contributed by atoms with E-state index in [0.29, 0.717) is 22.3 Å². The summed E-state index contributed by atoms with van der Waals surface area (Å²) in [7, 11) is -3.63. The maximum absolute atomic E-state index is 11.8. The van der Waals surface area contributed by atoms with E-state index in [1.54, 1.807) is 6.07 Å². The van der Waals surface area contributed by atoms with Gasteiger partial charge in [0.25, 0.3) is 10.0 Å². The molecule has 0 spiro atoms. The molecule has 2 N–H and O–H groups in total. The fourth-order valence-corrected chi connectivity index (χ4v) is 4.29. The number of anilines is 1. The molecule has 16 heavy (non-hydrogen) atoms. The van der Waals surface area contributed by atoms with Gasteiger partial charge < -0.3 is 0 Å². The van der Waals surface area contributed by atoms with Gasteiger partial charge in [-0.25, -0.2) is 5.84 Å². The first-order chi connectivity index (χ1) is 7.45. The molecule has 0 atom stereocenters. The molecule has 0 saturated carbocycles. The van der Waals surface area contributed by atoms with Crippen LogP contribution in [0.15, 0.2) is 14.7 Å². The molecule has 2 rings (SSSR count). The predicted octanol–water partition coefficient (Wildman–Crippen LogP) is 1.98. The second kappa shape index (κ2) is 3.99. The highest BCUT2D eigenvalue weighted by atomic mass is 35.5. The van der Waals surface area contributed by atoms with Gasteiger partial charge in [0.05, 0.1) is 10.0 Å². The van der Waals surface area contributed by atoms with Crippen molar-refractivity contribution in [1.29, 1.82) is 0 Å². The fraction of sp³-hybridized carbons (Fsp3) is 0.375. The van der Waals surface area contributed by atoms with E-state index in [1.807, 2.05) is 6.92 Å². The van der Waals surface area contributed by atoms with E-state index >= 15 is 0 Å². The number of sulfonamides is 1. The topological polar surface area (TPSA) is 75.8 Å². The van der Waals surface area contributed by atoms with Crippen LogP contribution in [0.5, 0.6) is 0 Å². The Morgan fingerprint density at radius 1 is 1.62 bits per heavy atom. The van der Waals surface area contributed by atoms with E-state index in [0.717, 1.165) is 17.8 Å². The van der Waals surface area contributed by atoms with Crippen LogP contribution in [0.3, 0.4) is 0 Å². The standard InChI is InChI=1S/C8H10ClN3O2S2/c1-2-3-7-11-16(13,14)8-5(12(7)10)4-6(9)15-8/h4H,2-3,10H2,1H3. The first-order valence-electron chi connectivity index (χ1n) is 4.63. The third-order valence-corrected chi connectivity index (χ3v) is 5.18. The molecule has 1 aliphatic heterocycles. The van der Waals surface area contributed by atoms with E-state index in [2.05, 4.69) is 4.40 Å². The molecule has 0 bridgehead atoms. The number of halogens is 1. The van der Waals surface area contributed by atoms with Crippen molar-refractivity contribution in [3.8, 4) is 0 Å². The SMILES string of the molecule is CCCC1=NS(=O)(=O)c2sc(Cl)cc2N1N. The van der Waals surface area contributed by atoms with Gasteiger partial charge in [-0.15, -0.1) is 15.7 Å². The van der Waals surface area contributed by atoms with Crippen molar-refractivity contribution < 1.29 is 8.42 Å². The molecule has 0 aliphatic carbocycles. The lowest BCUT2D eigenvalue weighted by molar-refractivity contribution is 0.598. The molecule has 1 aromatic rings. The molecule has 5 nitrogen and oxygen atoms in total. The normalized spacial score (nSPS) is 18.2. The minimum atomic E-state index is -3.63. The summed E-state index contributed by atoms with van der Waals surface area (Å²) in [5, 5.41) is 1.29. The van der Waals surface area contributed by atoms with Crippen molar-refractivity contribution in [1.82, 2.24) is 0 Å². The lowest BCUT2D eigenvalue weighted by Gasteiger charge is -2.23. The van der Waals surface area contributed by atoms with Gasteiger partial charge in [-0.3, -0.25) is 5.01 Å². The number of hydrogen-bond acceptors (Lipinski definition) is 5.